The highest BCUT2D eigenvalue weighted by molar-refractivity contribution is 5.83. The van der Waals surface area contributed by atoms with Gasteiger partial charge in [-0.2, -0.15) is 5.26 Å². The Bertz CT molecular complexity index is 983. The van der Waals surface area contributed by atoms with Crippen LogP contribution in [0.1, 0.15) is 5.56 Å². The van der Waals surface area contributed by atoms with Crippen LogP contribution in [0.4, 0.5) is 17.5 Å². The van der Waals surface area contributed by atoms with Crippen LogP contribution in [0.5, 0.6) is 0 Å². The van der Waals surface area contributed by atoms with Gasteiger partial charge in [-0.1, -0.05) is 18.2 Å². The van der Waals surface area contributed by atoms with Crippen molar-refractivity contribution in [1.82, 2.24) is 15.2 Å². The third-order valence-corrected chi connectivity index (χ3v) is 4.82. The Labute approximate surface area is 158 Å². The standard InChI is InChI=1S/C20H21N7/c1-25(2)18-7-8-19(24-23-18)26-9-11-27(12-10-26)20-16(14-21)13-15-5-3-4-6-17(15)22-20/h3-8,13H,9-12H2,1-2H3. The molecule has 1 aromatic carbocycles. The summed E-state index contributed by atoms with van der Waals surface area (Å²) in [5.74, 6) is 2.49. The number of rotatable bonds is 3. The van der Waals surface area contributed by atoms with Crippen LogP contribution in [-0.4, -0.2) is 55.5 Å². The molecule has 0 atom stereocenters. The summed E-state index contributed by atoms with van der Waals surface area (Å²) in [6.45, 7) is 3.21. The fourth-order valence-corrected chi connectivity index (χ4v) is 3.30. The Balaban J connectivity index is 1.52. The summed E-state index contributed by atoms with van der Waals surface area (Å²) in [6.07, 6.45) is 0. The Morgan fingerprint density at radius 2 is 1.70 bits per heavy atom. The number of nitrogens with zero attached hydrogens (tertiary/aromatic N) is 7. The van der Waals surface area contributed by atoms with Gasteiger partial charge in [-0.3, -0.25) is 0 Å². The minimum atomic E-state index is 0.622. The number of pyridine rings is 1. The number of piperazine rings is 1. The number of aromatic nitrogens is 3. The van der Waals surface area contributed by atoms with Crippen molar-refractivity contribution in [2.24, 2.45) is 0 Å². The number of nitriles is 1. The predicted molar refractivity (Wildman–Crippen MR) is 107 cm³/mol. The lowest BCUT2D eigenvalue weighted by Gasteiger charge is -2.36. The normalized spacial score (nSPS) is 14.3. The van der Waals surface area contributed by atoms with Crippen molar-refractivity contribution in [3.05, 3.63) is 48.0 Å². The molecule has 0 spiro atoms. The maximum Gasteiger partial charge on any atom is 0.151 e. The second-order valence-electron chi connectivity index (χ2n) is 6.78. The molecular weight excluding hydrogens is 338 g/mol. The van der Waals surface area contributed by atoms with E-state index in [-0.39, 0.29) is 0 Å². The van der Waals surface area contributed by atoms with Crippen molar-refractivity contribution in [2.45, 2.75) is 0 Å². The lowest BCUT2D eigenvalue weighted by molar-refractivity contribution is 0.638. The van der Waals surface area contributed by atoms with E-state index < -0.39 is 0 Å². The van der Waals surface area contributed by atoms with Gasteiger partial charge >= 0.3 is 0 Å². The topological polar surface area (TPSA) is 72.2 Å². The maximum atomic E-state index is 9.56. The second-order valence-corrected chi connectivity index (χ2v) is 6.78. The molecule has 27 heavy (non-hydrogen) atoms. The van der Waals surface area contributed by atoms with Crippen molar-refractivity contribution in [3.8, 4) is 6.07 Å². The Hall–Kier alpha value is -3.40. The van der Waals surface area contributed by atoms with E-state index in [0.717, 1.165) is 54.5 Å². The number of fused-ring (bicyclic) bond motifs is 1. The van der Waals surface area contributed by atoms with Crippen LogP contribution in [0.15, 0.2) is 42.5 Å². The average Bonchev–Trinajstić information content (AvgIpc) is 2.73. The Kier molecular flexibility index (Phi) is 4.47. The number of para-hydroxylation sites is 1. The van der Waals surface area contributed by atoms with Gasteiger partial charge in [0.2, 0.25) is 0 Å². The van der Waals surface area contributed by atoms with Gasteiger partial charge in [0.15, 0.2) is 11.6 Å². The van der Waals surface area contributed by atoms with Gasteiger partial charge in [-0.05, 0) is 24.3 Å². The largest absolute Gasteiger partial charge is 0.361 e. The van der Waals surface area contributed by atoms with E-state index in [4.69, 9.17) is 4.98 Å². The van der Waals surface area contributed by atoms with Gasteiger partial charge in [0.1, 0.15) is 11.9 Å². The maximum absolute atomic E-state index is 9.56. The molecule has 2 aromatic heterocycles. The van der Waals surface area contributed by atoms with Crippen molar-refractivity contribution >= 4 is 28.4 Å². The first-order chi connectivity index (χ1) is 13.2. The first-order valence-corrected chi connectivity index (χ1v) is 8.96. The summed E-state index contributed by atoms with van der Waals surface area (Å²) in [4.78, 5) is 11.1. The van der Waals surface area contributed by atoms with Crippen LogP contribution in [0.3, 0.4) is 0 Å². The lowest BCUT2D eigenvalue weighted by Crippen LogP contribution is -2.47. The molecule has 3 heterocycles. The molecule has 0 radical (unpaired) electrons. The minimum absolute atomic E-state index is 0.622. The molecule has 1 fully saturated rings. The van der Waals surface area contributed by atoms with Crippen molar-refractivity contribution in [3.63, 3.8) is 0 Å². The lowest BCUT2D eigenvalue weighted by atomic mass is 10.1. The van der Waals surface area contributed by atoms with Gasteiger partial charge in [0, 0.05) is 45.7 Å². The molecule has 0 aliphatic carbocycles. The summed E-state index contributed by atoms with van der Waals surface area (Å²) < 4.78 is 0. The van der Waals surface area contributed by atoms with Crippen LogP contribution in [0, 0.1) is 11.3 Å². The molecule has 1 aliphatic heterocycles. The fourth-order valence-electron chi connectivity index (χ4n) is 3.30. The summed E-state index contributed by atoms with van der Waals surface area (Å²) in [5.41, 5.74) is 1.54. The molecule has 0 amide bonds. The molecule has 0 bridgehead atoms. The third-order valence-electron chi connectivity index (χ3n) is 4.82. The first kappa shape index (κ1) is 17.0. The van der Waals surface area contributed by atoms with E-state index in [2.05, 4.69) is 26.1 Å². The highest BCUT2D eigenvalue weighted by Crippen LogP contribution is 2.25. The van der Waals surface area contributed by atoms with E-state index in [1.54, 1.807) is 0 Å². The van der Waals surface area contributed by atoms with Gasteiger partial charge in [-0.15, -0.1) is 10.2 Å². The number of benzene rings is 1. The van der Waals surface area contributed by atoms with Crippen molar-refractivity contribution in [1.29, 1.82) is 5.26 Å². The van der Waals surface area contributed by atoms with Gasteiger partial charge < -0.3 is 14.7 Å². The molecule has 7 heteroatoms. The zero-order valence-electron chi connectivity index (χ0n) is 15.5. The molecule has 0 saturated carbocycles. The third kappa shape index (κ3) is 3.34. The zero-order chi connectivity index (χ0) is 18.8. The fraction of sp³-hybridized carbons (Fsp3) is 0.300. The molecule has 4 rings (SSSR count). The quantitative estimate of drug-likeness (QED) is 0.710. The van der Waals surface area contributed by atoms with Gasteiger partial charge in [-0.25, -0.2) is 4.98 Å². The van der Waals surface area contributed by atoms with E-state index in [9.17, 15) is 5.26 Å². The monoisotopic (exact) mass is 359 g/mol. The average molecular weight is 359 g/mol. The van der Waals surface area contributed by atoms with Crippen LogP contribution in [0.2, 0.25) is 0 Å². The summed E-state index contributed by atoms with van der Waals surface area (Å²) in [5, 5.41) is 19.2. The van der Waals surface area contributed by atoms with Crippen molar-refractivity contribution in [2.75, 3.05) is 55.0 Å². The number of hydrogen-bond acceptors (Lipinski definition) is 7. The van der Waals surface area contributed by atoms with Gasteiger partial charge in [0.25, 0.3) is 0 Å². The van der Waals surface area contributed by atoms with Gasteiger partial charge in [0.05, 0.1) is 11.1 Å². The minimum Gasteiger partial charge on any atom is -0.361 e. The van der Waals surface area contributed by atoms with Crippen molar-refractivity contribution < 1.29 is 0 Å². The van der Waals surface area contributed by atoms with Crippen LogP contribution in [0.25, 0.3) is 10.9 Å². The summed E-state index contributed by atoms with van der Waals surface area (Å²) >= 11 is 0. The molecule has 0 unspecified atom stereocenters. The molecule has 1 saturated heterocycles. The molecule has 0 N–H and O–H groups in total. The Morgan fingerprint density at radius 3 is 2.37 bits per heavy atom. The number of hydrogen-bond donors (Lipinski definition) is 0. The first-order valence-electron chi connectivity index (χ1n) is 8.96. The predicted octanol–water partition coefficient (Wildman–Crippen LogP) is 2.29. The van der Waals surface area contributed by atoms with E-state index in [1.165, 1.54) is 0 Å². The summed E-state index contributed by atoms with van der Waals surface area (Å²) in [6, 6.07) is 16.1. The summed E-state index contributed by atoms with van der Waals surface area (Å²) in [7, 11) is 3.90. The van der Waals surface area contributed by atoms with Crippen LogP contribution >= 0.6 is 0 Å². The zero-order valence-corrected chi connectivity index (χ0v) is 15.5. The highest BCUT2D eigenvalue weighted by atomic mass is 15.3. The van der Waals surface area contributed by atoms with E-state index in [0.29, 0.717) is 5.56 Å². The molecule has 136 valence electrons. The number of anilines is 3. The van der Waals surface area contributed by atoms with E-state index >= 15 is 0 Å². The Morgan fingerprint density at radius 1 is 0.963 bits per heavy atom. The van der Waals surface area contributed by atoms with Crippen LogP contribution < -0.4 is 14.7 Å². The molecule has 3 aromatic rings. The van der Waals surface area contributed by atoms with E-state index in [1.807, 2.05) is 61.5 Å². The van der Waals surface area contributed by atoms with Crippen LogP contribution in [-0.2, 0) is 0 Å². The second kappa shape index (κ2) is 7.08. The smallest absolute Gasteiger partial charge is 0.151 e. The molecule has 1 aliphatic rings. The molecule has 7 nitrogen and oxygen atoms in total. The SMILES string of the molecule is CN(C)c1ccc(N2CCN(c3nc4ccccc4cc3C#N)CC2)nn1. The highest BCUT2D eigenvalue weighted by Gasteiger charge is 2.22. The molecular formula is C20H21N7.